The highest BCUT2D eigenvalue weighted by Crippen LogP contribution is 2.26. The summed E-state index contributed by atoms with van der Waals surface area (Å²) in [7, 11) is -4.10. The molecule has 1 amide bonds. The van der Waals surface area contributed by atoms with Crippen LogP contribution >= 0.6 is 0 Å². The summed E-state index contributed by atoms with van der Waals surface area (Å²) >= 11 is 0. The quantitative estimate of drug-likeness (QED) is 0.415. The van der Waals surface area contributed by atoms with Crippen molar-refractivity contribution >= 4 is 27.3 Å². The van der Waals surface area contributed by atoms with Gasteiger partial charge in [0.25, 0.3) is 15.9 Å². The van der Waals surface area contributed by atoms with Gasteiger partial charge in [-0.3, -0.25) is 9.52 Å². The molecule has 1 aromatic heterocycles. The van der Waals surface area contributed by atoms with Crippen LogP contribution in [0.4, 0.5) is 20.2 Å². The molecule has 162 valence electrons. The fourth-order valence-corrected chi connectivity index (χ4v) is 4.06. The molecular formula is C23H16F2N2O4S. The summed E-state index contributed by atoms with van der Waals surface area (Å²) in [6.45, 7) is 0. The van der Waals surface area contributed by atoms with Crippen molar-refractivity contribution in [2.75, 3.05) is 10.0 Å². The number of para-hydroxylation sites is 1. The molecule has 2 N–H and O–H groups in total. The molecule has 0 fully saturated rings. The fourth-order valence-electron chi connectivity index (χ4n) is 2.95. The van der Waals surface area contributed by atoms with Crippen LogP contribution in [0.15, 0.2) is 94.2 Å². The molecule has 0 unspecified atom stereocenters. The number of carbonyl (C=O) groups is 1. The molecule has 1 heterocycles. The molecule has 0 saturated carbocycles. The highest BCUT2D eigenvalue weighted by molar-refractivity contribution is 7.92. The molecule has 6 nitrogen and oxygen atoms in total. The zero-order valence-corrected chi connectivity index (χ0v) is 17.2. The molecule has 0 bridgehead atoms. The van der Waals surface area contributed by atoms with Crippen LogP contribution in [0.3, 0.4) is 0 Å². The molecule has 9 heteroatoms. The minimum atomic E-state index is -4.10. The average molecular weight is 454 g/mol. The zero-order valence-electron chi connectivity index (χ0n) is 16.4. The molecule has 3 aromatic carbocycles. The molecule has 0 aliphatic rings. The maximum Gasteiger partial charge on any atom is 0.291 e. The Morgan fingerprint density at radius 1 is 0.812 bits per heavy atom. The Hall–Kier alpha value is -3.98. The monoisotopic (exact) mass is 454 g/mol. The SMILES string of the molecule is O=C(Nc1cccc(S(=O)(=O)Nc2ccccc2F)c1)c1ccc(-c2ccccc2F)o1. The second kappa shape index (κ2) is 8.64. The van der Waals surface area contributed by atoms with Crippen LogP contribution in [0.1, 0.15) is 10.6 Å². The van der Waals surface area contributed by atoms with Crippen LogP contribution in [0.2, 0.25) is 0 Å². The molecule has 0 aliphatic carbocycles. The number of benzene rings is 3. The summed E-state index contributed by atoms with van der Waals surface area (Å²) in [5.41, 5.74) is 0.187. The fraction of sp³-hybridized carbons (Fsp3) is 0. The first-order valence-electron chi connectivity index (χ1n) is 9.37. The highest BCUT2D eigenvalue weighted by Gasteiger charge is 2.18. The minimum Gasteiger partial charge on any atom is -0.451 e. The summed E-state index contributed by atoms with van der Waals surface area (Å²) < 4.78 is 60.6. The summed E-state index contributed by atoms with van der Waals surface area (Å²) in [6, 6.07) is 19.6. The van der Waals surface area contributed by atoms with Gasteiger partial charge < -0.3 is 9.73 Å². The second-order valence-electron chi connectivity index (χ2n) is 6.71. The molecular weight excluding hydrogens is 438 g/mol. The van der Waals surface area contributed by atoms with Crippen molar-refractivity contribution in [1.29, 1.82) is 0 Å². The van der Waals surface area contributed by atoms with Gasteiger partial charge in [0.2, 0.25) is 0 Å². The van der Waals surface area contributed by atoms with E-state index in [2.05, 4.69) is 10.0 Å². The maximum atomic E-state index is 13.9. The Bertz CT molecular complexity index is 1400. The molecule has 0 spiro atoms. The van der Waals surface area contributed by atoms with Crippen molar-refractivity contribution in [1.82, 2.24) is 0 Å². The lowest BCUT2D eigenvalue weighted by atomic mass is 10.1. The lowest BCUT2D eigenvalue weighted by Crippen LogP contribution is -2.15. The first-order chi connectivity index (χ1) is 15.3. The van der Waals surface area contributed by atoms with E-state index in [-0.39, 0.29) is 33.4 Å². The Labute approximate surface area is 182 Å². The van der Waals surface area contributed by atoms with Gasteiger partial charge in [-0.2, -0.15) is 0 Å². The van der Waals surface area contributed by atoms with Crippen LogP contribution in [0.5, 0.6) is 0 Å². The number of amides is 1. The first-order valence-corrected chi connectivity index (χ1v) is 10.9. The molecule has 0 atom stereocenters. The summed E-state index contributed by atoms with van der Waals surface area (Å²) in [4.78, 5) is 12.4. The third-order valence-electron chi connectivity index (χ3n) is 4.49. The Balaban J connectivity index is 1.53. The predicted octanol–water partition coefficient (Wildman–Crippen LogP) is 5.28. The Morgan fingerprint density at radius 3 is 2.28 bits per heavy atom. The Kier molecular flexibility index (Phi) is 5.74. The van der Waals surface area contributed by atoms with Crippen molar-refractivity contribution in [2.24, 2.45) is 0 Å². The number of nitrogens with one attached hydrogen (secondary N) is 2. The number of hydrogen-bond donors (Lipinski definition) is 2. The molecule has 0 aliphatic heterocycles. The van der Waals surface area contributed by atoms with Gasteiger partial charge in [-0.15, -0.1) is 0 Å². The van der Waals surface area contributed by atoms with Gasteiger partial charge in [0, 0.05) is 5.69 Å². The summed E-state index contributed by atoms with van der Waals surface area (Å²) in [5.74, 6) is -1.76. The number of rotatable bonds is 6. The van der Waals surface area contributed by atoms with E-state index in [0.29, 0.717) is 0 Å². The van der Waals surface area contributed by atoms with Crippen molar-refractivity contribution in [3.8, 4) is 11.3 Å². The number of hydrogen-bond acceptors (Lipinski definition) is 4. The van der Waals surface area contributed by atoms with Gasteiger partial charge in [0.05, 0.1) is 16.1 Å². The zero-order chi connectivity index (χ0) is 22.7. The van der Waals surface area contributed by atoms with Gasteiger partial charge in [-0.05, 0) is 54.6 Å². The van der Waals surface area contributed by atoms with Gasteiger partial charge >= 0.3 is 0 Å². The van der Waals surface area contributed by atoms with E-state index in [1.165, 1.54) is 72.8 Å². The third-order valence-corrected chi connectivity index (χ3v) is 5.85. The Morgan fingerprint density at radius 2 is 1.53 bits per heavy atom. The number of anilines is 2. The molecule has 0 radical (unpaired) electrons. The van der Waals surface area contributed by atoms with E-state index in [1.807, 2.05) is 0 Å². The maximum absolute atomic E-state index is 13.9. The topological polar surface area (TPSA) is 88.4 Å². The van der Waals surface area contributed by atoms with Crippen LogP contribution in [-0.2, 0) is 10.0 Å². The first kappa shape index (κ1) is 21.3. The van der Waals surface area contributed by atoms with Crippen molar-refractivity contribution in [3.63, 3.8) is 0 Å². The van der Waals surface area contributed by atoms with Gasteiger partial charge in [-0.1, -0.05) is 30.3 Å². The van der Waals surface area contributed by atoms with E-state index >= 15 is 0 Å². The van der Waals surface area contributed by atoms with Crippen LogP contribution in [0, 0.1) is 11.6 Å². The van der Waals surface area contributed by atoms with E-state index in [0.717, 1.165) is 6.07 Å². The number of sulfonamides is 1. The van der Waals surface area contributed by atoms with E-state index < -0.39 is 27.6 Å². The van der Waals surface area contributed by atoms with Gasteiger partial charge in [0.1, 0.15) is 17.4 Å². The normalized spacial score (nSPS) is 11.2. The van der Waals surface area contributed by atoms with Crippen LogP contribution in [0.25, 0.3) is 11.3 Å². The second-order valence-corrected chi connectivity index (χ2v) is 8.39. The predicted molar refractivity (Wildman–Crippen MR) is 116 cm³/mol. The highest BCUT2D eigenvalue weighted by atomic mass is 32.2. The summed E-state index contributed by atoms with van der Waals surface area (Å²) in [5, 5.41) is 2.53. The van der Waals surface area contributed by atoms with E-state index in [4.69, 9.17) is 4.42 Å². The van der Waals surface area contributed by atoms with Crippen molar-refractivity contribution in [3.05, 3.63) is 102 Å². The number of furan rings is 1. The minimum absolute atomic E-state index is 0.0824. The lowest BCUT2D eigenvalue weighted by molar-refractivity contribution is 0.0997. The smallest absolute Gasteiger partial charge is 0.291 e. The van der Waals surface area contributed by atoms with Crippen LogP contribution in [-0.4, -0.2) is 14.3 Å². The van der Waals surface area contributed by atoms with Crippen molar-refractivity contribution < 1.29 is 26.4 Å². The van der Waals surface area contributed by atoms with E-state index in [9.17, 15) is 22.0 Å². The lowest BCUT2D eigenvalue weighted by Gasteiger charge is -2.10. The number of carbonyl (C=O) groups excluding carboxylic acids is 1. The largest absolute Gasteiger partial charge is 0.451 e. The standard InChI is InChI=1S/C23H16F2N2O4S/c24-18-9-2-1-8-17(18)21-12-13-22(31-21)23(28)26-15-6-5-7-16(14-15)32(29,30)27-20-11-4-3-10-19(20)25/h1-14,27H,(H,26,28). The average Bonchev–Trinajstić information content (AvgIpc) is 3.26. The molecule has 0 saturated heterocycles. The third kappa shape index (κ3) is 4.52. The number of halogens is 2. The van der Waals surface area contributed by atoms with E-state index in [1.54, 1.807) is 6.07 Å². The van der Waals surface area contributed by atoms with Crippen LogP contribution < -0.4 is 10.0 Å². The van der Waals surface area contributed by atoms with Gasteiger partial charge in [-0.25, -0.2) is 17.2 Å². The molecule has 32 heavy (non-hydrogen) atoms. The molecule has 4 aromatic rings. The van der Waals surface area contributed by atoms with Crippen molar-refractivity contribution in [2.45, 2.75) is 4.90 Å². The molecule has 4 rings (SSSR count). The summed E-state index contributed by atoms with van der Waals surface area (Å²) in [6.07, 6.45) is 0. The van der Waals surface area contributed by atoms with Gasteiger partial charge in [0.15, 0.2) is 5.76 Å².